The molecule has 18 heavy (non-hydrogen) atoms. The number of ether oxygens (including phenoxy) is 2. The standard InChI is InChI=1S/C12H20F3NO2/c1-2-16-11(10-4-3-6-17-8-10)5-7-18-9-12(13,14)15/h8,11,16H,2-7,9H2,1H3. The van der Waals surface area contributed by atoms with Crippen LogP contribution in [0.5, 0.6) is 0 Å². The quantitative estimate of drug-likeness (QED) is 0.719. The summed E-state index contributed by atoms with van der Waals surface area (Å²) in [5.41, 5.74) is 1.11. The number of hydrogen-bond donors (Lipinski definition) is 1. The van der Waals surface area contributed by atoms with Crippen molar-refractivity contribution in [2.24, 2.45) is 0 Å². The lowest BCUT2D eigenvalue weighted by atomic mass is 9.99. The molecule has 0 saturated carbocycles. The summed E-state index contributed by atoms with van der Waals surface area (Å²) in [6.07, 6.45) is -0.116. The van der Waals surface area contributed by atoms with Crippen LogP contribution in [0.25, 0.3) is 0 Å². The van der Waals surface area contributed by atoms with Crippen LogP contribution in [0, 0.1) is 0 Å². The van der Waals surface area contributed by atoms with Gasteiger partial charge >= 0.3 is 6.18 Å². The average molecular weight is 267 g/mol. The van der Waals surface area contributed by atoms with Crippen molar-refractivity contribution in [3.8, 4) is 0 Å². The third-order valence-electron chi connectivity index (χ3n) is 2.68. The molecule has 1 heterocycles. The molecule has 1 aliphatic rings. The molecule has 0 radical (unpaired) electrons. The molecule has 3 nitrogen and oxygen atoms in total. The van der Waals surface area contributed by atoms with Gasteiger partial charge in [-0.2, -0.15) is 13.2 Å². The highest BCUT2D eigenvalue weighted by molar-refractivity contribution is 5.09. The molecule has 0 aromatic heterocycles. The van der Waals surface area contributed by atoms with E-state index < -0.39 is 12.8 Å². The summed E-state index contributed by atoms with van der Waals surface area (Å²) in [5.74, 6) is 0. The summed E-state index contributed by atoms with van der Waals surface area (Å²) in [7, 11) is 0. The van der Waals surface area contributed by atoms with E-state index >= 15 is 0 Å². The van der Waals surface area contributed by atoms with E-state index in [1.54, 1.807) is 6.26 Å². The number of nitrogens with one attached hydrogen (secondary N) is 1. The van der Waals surface area contributed by atoms with Crippen molar-refractivity contribution in [3.05, 3.63) is 11.8 Å². The van der Waals surface area contributed by atoms with Crippen molar-refractivity contribution in [3.63, 3.8) is 0 Å². The Labute approximate surface area is 105 Å². The fraction of sp³-hybridized carbons (Fsp3) is 0.833. The van der Waals surface area contributed by atoms with Crippen LogP contribution in [0.4, 0.5) is 13.2 Å². The maximum absolute atomic E-state index is 11.9. The lowest BCUT2D eigenvalue weighted by Gasteiger charge is -2.24. The molecule has 6 heteroatoms. The summed E-state index contributed by atoms with van der Waals surface area (Å²) in [4.78, 5) is 0. The molecular weight excluding hydrogens is 247 g/mol. The maximum atomic E-state index is 11.9. The summed E-state index contributed by atoms with van der Waals surface area (Å²) >= 11 is 0. The second kappa shape index (κ2) is 7.63. The van der Waals surface area contributed by atoms with Gasteiger partial charge in [-0.3, -0.25) is 0 Å². The van der Waals surface area contributed by atoms with Crippen molar-refractivity contribution < 1.29 is 22.6 Å². The molecule has 106 valence electrons. The van der Waals surface area contributed by atoms with Gasteiger partial charge in [0.2, 0.25) is 0 Å². The predicted octanol–water partition coefficient (Wildman–Crippen LogP) is 2.63. The van der Waals surface area contributed by atoms with Gasteiger partial charge < -0.3 is 14.8 Å². The molecule has 0 aromatic carbocycles. The molecule has 1 atom stereocenters. The minimum Gasteiger partial charge on any atom is -0.501 e. The molecule has 1 rings (SSSR count). The van der Waals surface area contributed by atoms with Crippen molar-refractivity contribution >= 4 is 0 Å². The van der Waals surface area contributed by atoms with Crippen LogP contribution >= 0.6 is 0 Å². The van der Waals surface area contributed by atoms with Gasteiger partial charge in [-0.25, -0.2) is 0 Å². The molecule has 0 fully saturated rings. The number of likely N-dealkylation sites (N-methyl/N-ethyl adjacent to an activating group) is 1. The number of alkyl halides is 3. The highest BCUT2D eigenvalue weighted by Crippen LogP contribution is 2.19. The lowest BCUT2D eigenvalue weighted by Crippen LogP contribution is -2.33. The summed E-state index contributed by atoms with van der Waals surface area (Å²) in [5, 5.41) is 3.24. The molecule has 1 unspecified atom stereocenters. The zero-order valence-corrected chi connectivity index (χ0v) is 10.6. The highest BCUT2D eigenvalue weighted by Gasteiger charge is 2.27. The van der Waals surface area contributed by atoms with E-state index in [1.165, 1.54) is 0 Å². The highest BCUT2D eigenvalue weighted by atomic mass is 19.4. The summed E-state index contributed by atoms with van der Waals surface area (Å²) in [6.45, 7) is 2.36. The first kappa shape index (κ1) is 15.3. The van der Waals surface area contributed by atoms with Crippen molar-refractivity contribution in [1.82, 2.24) is 5.32 Å². The van der Waals surface area contributed by atoms with E-state index in [2.05, 4.69) is 10.1 Å². The van der Waals surface area contributed by atoms with Crippen molar-refractivity contribution in [2.75, 3.05) is 26.4 Å². The van der Waals surface area contributed by atoms with Gasteiger partial charge in [-0.15, -0.1) is 0 Å². The Kier molecular flexibility index (Phi) is 6.49. The number of rotatable bonds is 7. The van der Waals surface area contributed by atoms with Crippen LogP contribution in [-0.4, -0.2) is 38.6 Å². The Morgan fingerprint density at radius 1 is 1.50 bits per heavy atom. The van der Waals surface area contributed by atoms with Gasteiger partial charge in [0.15, 0.2) is 0 Å². The van der Waals surface area contributed by atoms with E-state index in [4.69, 9.17) is 4.74 Å². The second-order valence-electron chi connectivity index (χ2n) is 4.23. The minimum atomic E-state index is -4.25. The SMILES string of the molecule is CCNC(CCOCC(F)(F)F)C1=COCCC1. The number of hydrogen-bond acceptors (Lipinski definition) is 3. The van der Waals surface area contributed by atoms with E-state index in [9.17, 15) is 13.2 Å². The topological polar surface area (TPSA) is 30.5 Å². The molecule has 0 bridgehead atoms. The largest absolute Gasteiger partial charge is 0.501 e. The van der Waals surface area contributed by atoms with Crippen LogP contribution in [0.2, 0.25) is 0 Å². The maximum Gasteiger partial charge on any atom is 0.411 e. The van der Waals surface area contributed by atoms with Crippen LogP contribution in [-0.2, 0) is 9.47 Å². The van der Waals surface area contributed by atoms with E-state index in [1.807, 2.05) is 6.92 Å². The van der Waals surface area contributed by atoms with Gasteiger partial charge in [-0.1, -0.05) is 6.92 Å². The smallest absolute Gasteiger partial charge is 0.411 e. The van der Waals surface area contributed by atoms with Gasteiger partial charge in [-0.05, 0) is 31.4 Å². The normalized spacial score (nSPS) is 18.1. The molecule has 1 N–H and O–H groups in total. The molecule has 1 aliphatic heterocycles. The zero-order chi connectivity index (χ0) is 13.4. The average Bonchev–Trinajstić information content (AvgIpc) is 2.33. The minimum absolute atomic E-state index is 0.0449. The first-order chi connectivity index (χ1) is 8.53. The zero-order valence-electron chi connectivity index (χ0n) is 10.6. The molecule has 0 saturated heterocycles. The van der Waals surface area contributed by atoms with Crippen LogP contribution in [0.15, 0.2) is 11.8 Å². The monoisotopic (exact) mass is 267 g/mol. The van der Waals surface area contributed by atoms with Crippen LogP contribution in [0.1, 0.15) is 26.2 Å². The Balaban J connectivity index is 2.31. The third-order valence-corrected chi connectivity index (χ3v) is 2.68. The Hall–Kier alpha value is -0.750. The number of halogens is 3. The molecule has 0 aliphatic carbocycles. The van der Waals surface area contributed by atoms with E-state index in [0.29, 0.717) is 13.0 Å². The fourth-order valence-corrected chi connectivity index (χ4v) is 1.89. The van der Waals surface area contributed by atoms with Crippen LogP contribution < -0.4 is 5.32 Å². The first-order valence-electron chi connectivity index (χ1n) is 6.21. The van der Waals surface area contributed by atoms with Gasteiger partial charge in [0.1, 0.15) is 6.61 Å². The van der Waals surface area contributed by atoms with E-state index in [-0.39, 0.29) is 12.6 Å². The summed E-state index contributed by atoms with van der Waals surface area (Å²) in [6, 6.07) is 0.0449. The van der Waals surface area contributed by atoms with Crippen molar-refractivity contribution in [2.45, 2.75) is 38.4 Å². The lowest BCUT2D eigenvalue weighted by molar-refractivity contribution is -0.174. The summed E-state index contributed by atoms with van der Waals surface area (Å²) < 4.78 is 45.6. The van der Waals surface area contributed by atoms with Gasteiger partial charge in [0, 0.05) is 12.6 Å². The fourth-order valence-electron chi connectivity index (χ4n) is 1.89. The van der Waals surface area contributed by atoms with E-state index in [0.717, 1.165) is 25.0 Å². The Bertz CT molecular complexity index is 267. The first-order valence-corrected chi connectivity index (χ1v) is 6.21. The van der Waals surface area contributed by atoms with Gasteiger partial charge in [0.25, 0.3) is 0 Å². The molecule has 0 amide bonds. The van der Waals surface area contributed by atoms with Crippen LogP contribution in [0.3, 0.4) is 0 Å². The van der Waals surface area contributed by atoms with Crippen molar-refractivity contribution in [1.29, 1.82) is 0 Å². The third kappa shape index (κ3) is 6.26. The molecule has 0 spiro atoms. The molecule has 0 aromatic rings. The Morgan fingerprint density at radius 2 is 2.28 bits per heavy atom. The Morgan fingerprint density at radius 3 is 2.83 bits per heavy atom. The molecular formula is C12H20F3NO2. The van der Waals surface area contributed by atoms with Gasteiger partial charge in [0.05, 0.1) is 12.9 Å². The predicted molar refractivity (Wildman–Crippen MR) is 62.2 cm³/mol. The second-order valence-corrected chi connectivity index (χ2v) is 4.23.